The van der Waals surface area contributed by atoms with Gasteiger partial charge in [0.15, 0.2) is 0 Å². The number of hydrogen-bond acceptors (Lipinski definition) is 3. The summed E-state index contributed by atoms with van der Waals surface area (Å²) in [7, 11) is 1.65. The number of halogens is 1. The van der Waals surface area contributed by atoms with Crippen molar-refractivity contribution in [1.29, 1.82) is 0 Å². The number of rotatable bonds is 3. The normalized spacial score (nSPS) is 10.4. The molecule has 16 heavy (non-hydrogen) atoms. The number of methoxy groups -OCH3 is 1. The Kier molecular flexibility index (Phi) is 3.49. The molecule has 0 atom stereocenters. The number of nitrogens with two attached hydrogens (primary N) is 1. The van der Waals surface area contributed by atoms with Gasteiger partial charge in [-0.25, -0.2) is 0 Å². The third-order valence-corrected chi connectivity index (χ3v) is 3.77. The third kappa shape index (κ3) is 2.07. The van der Waals surface area contributed by atoms with Crippen molar-refractivity contribution >= 4 is 22.9 Å². The maximum Gasteiger partial charge on any atom is 0.123 e. The molecule has 0 aliphatic rings. The first kappa shape index (κ1) is 11.5. The van der Waals surface area contributed by atoms with E-state index in [1.54, 1.807) is 18.4 Å². The van der Waals surface area contributed by atoms with E-state index in [0.29, 0.717) is 6.54 Å². The summed E-state index contributed by atoms with van der Waals surface area (Å²) < 4.78 is 5.23. The summed E-state index contributed by atoms with van der Waals surface area (Å²) in [5.41, 5.74) is 7.75. The lowest BCUT2D eigenvalue weighted by Gasteiger charge is -2.08. The van der Waals surface area contributed by atoms with Gasteiger partial charge in [-0.1, -0.05) is 11.6 Å². The van der Waals surface area contributed by atoms with Crippen LogP contribution < -0.4 is 10.5 Å². The molecule has 0 amide bonds. The second-order valence-electron chi connectivity index (χ2n) is 3.33. The molecule has 84 valence electrons. The minimum atomic E-state index is 0.458. The van der Waals surface area contributed by atoms with Crippen LogP contribution in [0, 0.1) is 0 Å². The Morgan fingerprint density at radius 1 is 1.38 bits per heavy atom. The van der Waals surface area contributed by atoms with E-state index in [2.05, 4.69) is 0 Å². The topological polar surface area (TPSA) is 35.2 Å². The van der Waals surface area contributed by atoms with Crippen molar-refractivity contribution in [2.75, 3.05) is 7.11 Å². The summed E-state index contributed by atoms with van der Waals surface area (Å²) >= 11 is 7.71. The highest BCUT2D eigenvalue weighted by molar-refractivity contribution is 7.14. The number of benzene rings is 1. The van der Waals surface area contributed by atoms with Crippen LogP contribution in [0.4, 0.5) is 0 Å². The van der Waals surface area contributed by atoms with E-state index in [0.717, 1.165) is 26.8 Å². The molecule has 0 aliphatic heterocycles. The highest BCUT2D eigenvalue weighted by atomic mass is 35.5. The number of hydrogen-bond donors (Lipinski definition) is 1. The average molecular weight is 254 g/mol. The van der Waals surface area contributed by atoms with Crippen molar-refractivity contribution in [3.05, 3.63) is 40.2 Å². The van der Waals surface area contributed by atoms with Gasteiger partial charge in [-0.05, 0) is 35.2 Å². The number of ether oxygens (including phenoxy) is 1. The highest BCUT2D eigenvalue weighted by Crippen LogP contribution is 2.35. The van der Waals surface area contributed by atoms with Crippen LogP contribution in [0.1, 0.15) is 5.56 Å². The fourth-order valence-corrected chi connectivity index (χ4v) is 2.74. The molecule has 1 heterocycles. The van der Waals surface area contributed by atoms with Gasteiger partial charge in [0, 0.05) is 12.1 Å². The largest absolute Gasteiger partial charge is 0.496 e. The summed E-state index contributed by atoms with van der Waals surface area (Å²) in [5, 5.41) is 2.75. The Morgan fingerprint density at radius 2 is 2.19 bits per heavy atom. The molecule has 2 rings (SSSR count). The molecule has 2 N–H and O–H groups in total. The standard InChI is InChI=1S/C12H12ClNOS/c1-15-11-3-2-8(6-9(11)7-14)12-10(13)4-5-16-12/h2-6H,7,14H2,1H3. The molecule has 0 bridgehead atoms. The third-order valence-electron chi connectivity index (χ3n) is 2.38. The van der Waals surface area contributed by atoms with Gasteiger partial charge >= 0.3 is 0 Å². The first-order valence-electron chi connectivity index (χ1n) is 4.86. The maximum absolute atomic E-state index is 6.09. The van der Waals surface area contributed by atoms with Crippen molar-refractivity contribution in [2.24, 2.45) is 5.73 Å². The molecule has 1 aromatic heterocycles. The predicted molar refractivity (Wildman–Crippen MR) is 69.2 cm³/mol. The van der Waals surface area contributed by atoms with Crippen molar-refractivity contribution < 1.29 is 4.74 Å². The molecule has 0 saturated carbocycles. The zero-order valence-electron chi connectivity index (χ0n) is 8.87. The maximum atomic E-state index is 6.09. The fourth-order valence-electron chi connectivity index (χ4n) is 1.58. The fraction of sp³-hybridized carbons (Fsp3) is 0.167. The molecule has 0 fully saturated rings. The van der Waals surface area contributed by atoms with Gasteiger partial charge in [0.1, 0.15) is 5.75 Å². The van der Waals surface area contributed by atoms with E-state index in [4.69, 9.17) is 22.1 Å². The van der Waals surface area contributed by atoms with E-state index in [-0.39, 0.29) is 0 Å². The van der Waals surface area contributed by atoms with Crippen LogP contribution in [0.3, 0.4) is 0 Å². The molecular formula is C12H12ClNOS. The average Bonchev–Trinajstić information content (AvgIpc) is 2.74. The van der Waals surface area contributed by atoms with Gasteiger partial charge in [-0.3, -0.25) is 0 Å². The molecule has 2 nitrogen and oxygen atoms in total. The van der Waals surface area contributed by atoms with E-state index in [1.165, 1.54) is 0 Å². The van der Waals surface area contributed by atoms with Crippen LogP contribution >= 0.6 is 22.9 Å². The molecule has 0 unspecified atom stereocenters. The van der Waals surface area contributed by atoms with Crippen LogP contribution in [0.25, 0.3) is 10.4 Å². The lowest BCUT2D eigenvalue weighted by Crippen LogP contribution is -1.99. The highest BCUT2D eigenvalue weighted by Gasteiger charge is 2.08. The molecule has 2 aromatic rings. The number of thiophene rings is 1. The van der Waals surface area contributed by atoms with Crippen molar-refractivity contribution in [3.8, 4) is 16.2 Å². The lowest BCUT2D eigenvalue weighted by molar-refractivity contribution is 0.410. The van der Waals surface area contributed by atoms with Crippen molar-refractivity contribution in [1.82, 2.24) is 0 Å². The van der Waals surface area contributed by atoms with Crippen molar-refractivity contribution in [3.63, 3.8) is 0 Å². The van der Waals surface area contributed by atoms with Gasteiger partial charge in [0.25, 0.3) is 0 Å². The summed E-state index contributed by atoms with van der Waals surface area (Å²) in [6.45, 7) is 0.458. The van der Waals surface area contributed by atoms with Crippen LogP contribution in [0.2, 0.25) is 5.02 Å². The van der Waals surface area contributed by atoms with E-state index >= 15 is 0 Å². The minimum absolute atomic E-state index is 0.458. The molecule has 0 saturated heterocycles. The Hall–Kier alpha value is -1.03. The first-order valence-corrected chi connectivity index (χ1v) is 6.12. The summed E-state index contributed by atoms with van der Waals surface area (Å²) in [6.07, 6.45) is 0. The van der Waals surface area contributed by atoms with Gasteiger partial charge < -0.3 is 10.5 Å². The molecule has 0 aliphatic carbocycles. The Morgan fingerprint density at radius 3 is 2.75 bits per heavy atom. The Bertz CT molecular complexity index is 496. The summed E-state index contributed by atoms with van der Waals surface area (Å²) in [4.78, 5) is 1.07. The van der Waals surface area contributed by atoms with Crippen LogP contribution in [0.15, 0.2) is 29.6 Å². The van der Waals surface area contributed by atoms with Crippen LogP contribution in [-0.4, -0.2) is 7.11 Å². The monoisotopic (exact) mass is 253 g/mol. The van der Waals surface area contributed by atoms with Crippen LogP contribution in [-0.2, 0) is 6.54 Å². The first-order chi connectivity index (χ1) is 7.76. The zero-order valence-corrected chi connectivity index (χ0v) is 10.4. The van der Waals surface area contributed by atoms with Crippen molar-refractivity contribution in [2.45, 2.75) is 6.54 Å². The quantitative estimate of drug-likeness (QED) is 0.908. The zero-order chi connectivity index (χ0) is 11.5. The second-order valence-corrected chi connectivity index (χ2v) is 4.65. The van der Waals surface area contributed by atoms with Gasteiger partial charge in [0.2, 0.25) is 0 Å². The predicted octanol–water partition coefficient (Wildman–Crippen LogP) is 3.54. The Labute approximate surface area is 104 Å². The molecule has 4 heteroatoms. The van der Waals surface area contributed by atoms with Gasteiger partial charge in [-0.15, -0.1) is 11.3 Å². The summed E-state index contributed by atoms with van der Waals surface area (Å²) in [6, 6.07) is 7.84. The Balaban J connectivity index is 2.48. The second kappa shape index (κ2) is 4.87. The summed E-state index contributed by atoms with van der Waals surface area (Å²) in [5.74, 6) is 0.818. The van der Waals surface area contributed by atoms with Gasteiger partial charge in [0.05, 0.1) is 17.0 Å². The van der Waals surface area contributed by atoms with Crippen LogP contribution in [0.5, 0.6) is 5.75 Å². The molecule has 0 spiro atoms. The minimum Gasteiger partial charge on any atom is -0.496 e. The molecule has 0 radical (unpaired) electrons. The van der Waals surface area contributed by atoms with Gasteiger partial charge in [-0.2, -0.15) is 0 Å². The van der Waals surface area contributed by atoms with E-state index in [1.807, 2.05) is 29.6 Å². The SMILES string of the molecule is COc1ccc(-c2sccc2Cl)cc1CN. The smallest absolute Gasteiger partial charge is 0.123 e. The lowest BCUT2D eigenvalue weighted by atomic mass is 10.1. The molecular weight excluding hydrogens is 242 g/mol. The van der Waals surface area contributed by atoms with E-state index < -0.39 is 0 Å². The molecule has 1 aromatic carbocycles. The van der Waals surface area contributed by atoms with E-state index in [9.17, 15) is 0 Å².